The average molecular weight is 209 g/mol. The molecule has 0 radical (unpaired) electrons. The monoisotopic (exact) mass is 209 g/mol. The summed E-state index contributed by atoms with van der Waals surface area (Å²) in [5.74, 6) is -1.92. The Labute approximate surface area is 86.9 Å². The van der Waals surface area contributed by atoms with Crippen LogP contribution in [0.1, 0.15) is 29.6 Å². The van der Waals surface area contributed by atoms with Crippen LogP contribution in [0.3, 0.4) is 0 Å². The molecule has 2 N–H and O–H groups in total. The number of rotatable bonds is 3. The first-order chi connectivity index (χ1) is 7.16. The summed E-state index contributed by atoms with van der Waals surface area (Å²) < 4.78 is 13.0. The zero-order valence-corrected chi connectivity index (χ0v) is 8.16. The van der Waals surface area contributed by atoms with Gasteiger partial charge in [0.1, 0.15) is 5.82 Å². The lowest BCUT2D eigenvalue weighted by Crippen LogP contribution is -2.27. The molecule has 4 heteroatoms. The summed E-state index contributed by atoms with van der Waals surface area (Å²) in [7, 11) is 0. The smallest absolute Gasteiger partial charge is 0.338 e. The van der Waals surface area contributed by atoms with Crippen LogP contribution >= 0.6 is 0 Å². The molecule has 0 bridgehead atoms. The topological polar surface area (TPSA) is 49.3 Å². The molecule has 0 heterocycles. The van der Waals surface area contributed by atoms with E-state index in [-0.39, 0.29) is 5.56 Å². The van der Waals surface area contributed by atoms with E-state index in [1.165, 1.54) is 18.6 Å². The molecular weight excluding hydrogens is 197 g/mol. The van der Waals surface area contributed by atoms with Crippen LogP contribution in [0.25, 0.3) is 0 Å². The van der Waals surface area contributed by atoms with Gasteiger partial charge in [-0.1, -0.05) is 0 Å². The van der Waals surface area contributed by atoms with E-state index in [0.717, 1.165) is 12.8 Å². The zero-order chi connectivity index (χ0) is 10.8. The van der Waals surface area contributed by atoms with Gasteiger partial charge in [0, 0.05) is 11.7 Å². The summed E-state index contributed by atoms with van der Waals surface area (Å²) in [6, 6.07) is 4.51. The molecule has 0 aliphatic heterocycles. The molecule has 0 atom stereocenters. The number of anilines is 1. The third-order valence-electron chi connectivity index (χ3n) is 2.67. The van der Waals surface area contributed by atoms with Crippen molar-refractivity contribution < 1.29 is 14.3 Å². The number of hydrogen-bond acceptors (Lipinski definition) is 2. The van der Waals surface area contributed by atoms with Crippen LogP contribution in [0.5, 0.6) is 0 Å². The minimum Gasteiger partial charge on any atom is -0.478 e. The molecule has 2 rings (SSSR count). The van der Waals surface area contributed by atoms with Crippen molar-refractivity contribution in [2.45, 2.75) is 25.3 Å². The Morgan fingerprint density at radius 3 is 2.73 bits per heavy atom. The molecule has 1 saturated carbocycles. The van der Waals surface area contributed by atoms with Crippen LogP contribution < -0.4 is 5.32 Å². The number of halogens is 1. The molecule has 0 amide bonds. The van der Waals surface area contributed by atoms with Crippen molar-refractivity contribution in [3.8, 4) is 0 Å². The first-order valence-electron chi connectivity index (χ1n) is 4.96. The molecule has 1 fully saturated rings. The molecule has 15 heavy (non-hydrogen) atoms. The Kier molecular flexibility index (Phi) is 2.58. The van der Waals surface area contributed by atoms with E-state index >= 15 is 0 Å². The van der Waals surface area contributed by atoms with Crippen molar-refractivity contribution >= 4 is 11.7 Å². The van der Waals surface area contributed by atoms with E-state index < -0.39 is 11.8 Å². The minimum atomic E-state index is -1.23. The Morgan fingerprint density at radius 1 is 1.47 bits per heavy atom. The van der Waals surface area contributed by atoms with Gasteiger partial charge in [0.25, 0.3) is 0 Å². The van der Waals surface area contributed by atoms with Crippen molar-refractivity contribution in [2.75, 3.05) is 5.32 Å². The van der Waals surface area contributed by atoms with Gasteiger partial charge in [-0.15, -0.1) is 0 Å². The number of carboxylic acid groups (broad SMARTS) is 1. The Balaban J connectivity index is 2.17. The van der Waals surface area contributed by atoms with E-state index in [4.69, 9.17) is 5.11 Å². The SMILES string of the molecule is O=C(O)c1cc(NC2CCC2)ccc1F. The molecule has 3 nitrogen and oxygen atoms in total. The summed E-state index contributed by atoms with van der Waals surface area (Å²) in [6.07, 6.45) is 3.39. The van der Waals surface area contributed by atoms with Gasteiger partial charge in [-0.25, -0.2) is 9.18 Å². The molecule has 0 aromatic heterocycles. The number of nitrogens with one attached hydrogen (secondary N) is 1. The summed E-state index contributed by atoms with van der Waals surface area (Å²) in [5.41, 5.74) is 0.401. The largest absolute Gasteiger partial charge is 0.478 e. The first-order valence-corrected chi connectivity index (χ1v) is 4.96. The lowest BCUT2D eigenvalue weighted by Gasteiger charge is -2.27. The van der Waals surface area contributed by atoms with Crippen molar-refractivity contribution in [3.05, 3.63) is 29.6 Å². The maximum absolute atomic E-state index is 13.0. The second-order valence-electron chi connectivity index (χ2n) is 3.77. The molecule has 1 aliphatic rings. The second kappa shape index (κ2) is 3.88. The number of aromatic carboxylic acids is 1. The van der Waals surface area contributed by atoms with Gasteiger partial charge in [-0.2, -0.15) is 0 Å². The van der Waals surface area contributed by atoms with Crippen LogP contribution in [0.15, 0.2) is 18.2 Å². The standard InChI is InChI=1S/C11H12FNO2/c12-10-5-4-8(6-9(10)11(14)15)13-7-2-1-3-7/h4-7,13H,1-3H2,(H,14,15). The van der Waals surface area contributed by atoms with Crippen molar-refractivity contribution in [1.29, 1.82) is 0 Å². The van der Waals surface area contributed by atoms with Gasteiger partial charge >= 0.3 is 5.97 Å². The lowest BCUT2D eigenvalue weighted by molar-refractivity contribution is 0.0692. The van der Waals surface area contributed by atoms with E-state index in [1.54, 1.807) is 6.07 Å². The molecule has 80 valence electrons. The maximum atomic E-state index is 13.0. The maximum Gasteiger partial charge on any atom is 0.338 e. The lowest BCUT2D eigenvalue weighted by atomic mass is 9.93. The van der Waals surface area contributed by atoms with Crippen LogP contribution in [0.2, 0.25) is 0 Å². The average Bonchev–Trinajstić information content (AvgIpc) is 2.13. The van der Waals surface area contributed by atoms with Gasteiger partial charge in [0.05, 0.1) is 5.56 Å². The van der Waals surface area contributed by atoms with Crippen molar-refractivity contribution in [3.63, 3.8) is 0 Å². The molecular formula is C11H12FNO2. The zero-order valence-electron chi connectivity index (χ0n) is 8.16. The number of carboxylic acids is 1. The quantitative estimate of drug-likeness (QED) is 0.804. The predicted octanol–water partition coefficient (Wildman–Crippen LogP) is 2.49. The summed E-state index contributed by atoms with van der Waals surface area (Å²) in [5, 5.41) is 11.9. The third-order valence-corrected chi connectivity index (χ3v) is 2.67. The second-order valence-corrected chi connectivity index (χ2v) is 3.77. The highest BCUT2D eigenvalue weighted by atomic mass is 19.1. The van der Waals surface area contributed by atoms with E-state index in [2.05, 4.69) is 5.32 Å². The Hall–Kier alpha value is -1.58. The van der Waals surface area contributed by atoms with E-state index in [1.807, 2.05) is 0 Å². The third kappa shape index (κ3) is 2.09. The predicted molar refractivity (Wildman–Crippen MR) is 54.6 cm³/mol. The number of benzene rings is 1. The minimum absolute atomic E-state index is 0.278. The summed E-state index contributed by atoms with van der Waals surface area (Å²) in [4.78, 5) is 10.7. The highest BCUT2D eigenvalue weighted by molar-refractivity contribution is 5.89. The highest BCUT2D eigenvalue weighted by Gasteiger charge is 2.18. The first kappa shape index (κ1) is 9.96. The molecule has 1 aliphatic carbocycles. The van der Waals surface area contributed by atoms with Crippen molar-refractivity contribution in [2.24, 2.45) is 0 Å². The highest BCUT2D eigenvalue weighted by Crippen LogP contribution is 2.24. The van der Waals surface area contributed by atoms with Gasteiger partial charge in [-0.05, 0) is 37.5 Å². The normalized spacial score (nSPS) is 15.8. The van der Waals surface area contributed by atoms with Gasteiger partial charge in [0.2, 0.25) is 0 Å². The number of carbonyl (C=O) groups is 1. The van der Waals surface area contributed by atoms with E-state index in [0.29, 0.717) is 11.7 Å². The summed E-state index contributed by atoms with van der Waals surface area (Å²) >= 11 is 0. The fourth-order valence-electron chi connectivity index (χ4n) is 1.57. The number of hydrogen-bond donors (Lipinski definition) is 2. The molecule has 0 saturated heterocycles. The Bertz CT molecular complexity index is 388. The fraction of sp³-hybridized carbons (Fsp3) is 0.364. The Morgan fingerprint density at radius 2 is 2.20 bits per heavy atom. The van der Waals surface area contributed by atoms with Crippen LogP contribution in [-0.2, 0) is 0 Å². The molecule has 1 aromatic rings. The van der Waals surface area contributed by atoms with Gasteiger partial charge in [0.15, 0.2) is 0 Å². The van der Waals surface area contributed by atoms with Gasteiger partial charge in [-0.3, -0.25) is 0 Å². The van der Waals surface area contributed by atoms with E-state index in [9.17, 15) is 9.18 Å². The molecule has 1 aromatic carbocycles. The molecule has 0 spiro atoms. The van der Waals surface area contributed by atoms with Gasteiger partial charge < -0.3 is 10.4 Å². The van der Waals surface area contributed by atoms with Crippen LogP contribution in [-0.4, -0.2) is 17.1 Å². The fourth-order valence-corrected chi connectivity index (χ4v) is 1.57. The van der Waals surface area contributed by atoms with Crippen LogP contribution in [0.4, 0.5) is 10.1 Å². The summed E-state index contributed by atoms with van der Waals surface area (Å²) in [6.45, 7) is 0. The van der Waals surface area contributed by atoms with Crippen molar-refractivity contribution in [1.82, 2.24) is 0 Å². The van der Waals surface area contributed by atoms with Crippen LogP contribution in [0, 0.1) is 5.82 Å². The molecule has 0 unspecified atom stereocenters.